The minimum atomic E-state index is -0.192. The number of carbonyl (C=O) groups is 1. The summed E-state index contributed by atoms with van der Waals surface area (Å²) in [5.41, 5.74) is 3.32. The summed E-state index contributed by atoms with van der Waals surface area (Å²) in [5, 5.41) is 14.7. The monoisotopic (exact) mass is 269 g/mol. The lowest BCUT2D eigenvalue weighted by atomic mass is 10.1. The average Bonchev–Trinajstić information content (AvgIpc) is 3.02. The van der Waals surface area contributed by atoms with Gasteiger partial charge in [-0.25, -0.2) is 0 Å². The maximum Gasteiger partial charge on any atom is 0.272 e. The normalized spacial score (nSPS) is 10.9. The smallest absolute Gasteiger partial charge is 0.272 e. The lowest BCUT2D eigenvalue weighted by Gasteiger charge is -2.04. The van der Waals surface area contributed by atoms with Crippen molar-refractivity contribution in [3.05, 3.63) is 47.4 Å². The van der Waals surface area contributed by atoms with Gasteiger partial charge >= 0.3 is 0 Å². The van der Waals surface area contributed by atoms with Crippen molar-refractivity contribution >= 4 is 16.8 Å². The van der Waals surface area contributed by atoms with Crippen LogP contribution in [0.15, 0.2) is 30.5 Å². The molecule has 2 N–H and O–H groups in total. The summed E-state index contributed by atoms with van der Waals surface area (Å²) in [4.78, 5) is 12.2. The molecular formula is C14H15N5O. The number of aryl methyl sites for hydroxylation is 2. The number of amides is 1. The van der Waals surface area contributed by atoms with Crippen molar-refractivity contribution in [2.75, 3.05) is 0 Å². The molecule has 0 spiro atoms. The number of aromatic nitrogens is 4. The van der Waals surface area contributed by atoms with Crippen molar-refractivity contribution in [3.8, 4) is 0 Å². The van der Waals surface area contributed by atoms with Gasteiger partial charge < -0.3 is 5.32 Å². The number of rotatable bonds is 3. The largest absolute Gasteiger partial charge is 0.345 e. The van der Waals surface area contributed by atoms with Gasteiger partial charge in [-0.1, -0.05) is 11.6 Å². The molecule has 0 aliphatic heterocycles. The van der Waals surface area contributed by atoms with E-state index in [0.717, 1.165) is 22.2 Å². The van der Waals surface area contributed by atoms with E-state index in [1.54, 1.807) is 10.9 Å². The first-order valence-electron chi connectivity index (χ1n) is 6.35. The van der Waals surface area contributed by atoms with E-state index in [2.05, 4.69) is 20.6 Å². The minimum absolute atomic E-state index is 0.192. The van der Waals surface area contributed by atoms with Crippen molar-refractivity contribution in [1.82, 2.24) is 25.3 Å². The van der Waals surface area contributed by atoms with Crippen molar-refractivity contribution in [1.29, 1.82) is 0 Å². The van der Waals surface area contributed by atoms with Crippen LogP contribution in [0.5, 0.6) is 0 Å². The molecular weight excluding hydrogens is 254 g/mol. The topological polar surface area (TPSA) is 75.6 Å². The Kier molecular flexibility index (Phi) is 2.98. The van der Waals surface area contributed by atoms with Crippen LogP contribution in [0.25, 0.3) is 10.9 Å². The Morgan fingerprint density at radius 2 is 2.25 bits per heavy atom. The van der Waals surface area contributed by atoms with Crippen LogP contribution in [0.4, 0.5) is 0 Å². The van der Waals surface area contributed by atoms with Gasteiger partial charge in [0.2, 0.25) is 0 Å². The second-order valence-electron chi connectivity index (χ2n) is 4.75. The molecule has 0 aliphatic rings. The predicted octanol–water partition coefficient (Wildman–Crippen LogP) is 1.53. The number of H-pyrrole nitrogens is 1. The van der Waals surface area contributed by atoms with Gasteiger partial charge in [-0.15, -0.1) is 0 Å². The zero-order chi connectivity index (χ0) is 14.1. The SMILES string of the molecule is Cc1ccc2[nH]nc(C(=O)NCc3ccnn3C)c2c1. The Morgan fingerprint density at radius 3 is 3.00 bits per heavy atom. The fourth-order valence-corrected chi connectivity index (χ4v) is 2.13. The van der Waals surface area contributed by atoms with Crippen LogP contribution < -0.4 is 5.32 Å². The highest BCUT2D eigenvalue weighted by Gasteiger charge is 2.14. The summed E-state index contributed by atoms with van der Waals surface area (Å²) in [6.45, 7) is 2.42. The highest BCUT2D eigenvalue weighted by atomic mass is 16.1. The van der Waals surface area contributed by atoms with Crippen molar-refractivity contribution in [2.45, 2.75) is 13.5 Å². The summed E-state index contributed by atoms with van der Waals surface area (Å²) in [5.74, 6) is -0.192. The van der Waals surface area contributed by atoms with E-state index in [4.69, 9.17) is 0 Å². The van der Waals surface area contributed by atoms with Gasteiger partial charge in [0.15, 0.2) is 5.69 Å². The molecule has 0 aliphatic carbocycles. The molecule has 6 heteroatoms. The lowest BCUT2D eigenvalue weighted by Crippen LogP contribution is -2.24. The molecule has 20 heavy (non-hydrogen) atoms. The highest BCUT2D eigenvalue weighted by Crippen LogP contribution is 2.17. The Balaban J connectivity index is 1.82. The number of hydrogen-bond acceptors (Lipinski definition) is 3. The molecule has 0 bridgehead atoms. The maximum absolute atomic E-state index is 12.2. The van der Waals surface area contributed by atoms with Gasteiger partial charge in [-0.05, 0) is 25.1 Å². The van der Waals surface area contributed by atoms with Gasteiger partial charge in [0.05, 0.1) is 17.8 Å². The summed E-state index contributed by atoms with van der Waals surface area (Å²) in [7, 11) is 1.84. The summed E-state index contributed by atoms with van der Waals surface area (Å²) in [6, 6.07) is 7.73. The molecule has 0 fully saturated rings. The Morgan fingerprint density at radius 1 is 1.40 bits per heavy atom. The molecule has 1 aromatic carbocycles. The number of benzene rings is 1. The third kappa shape index (κ3) is 2.16. The van der Waals surface area contributed by atoms with E-state index in [1.165, 1.54) is 0 Å². The lowest BCUT2D eigenvalue weighted by molar-refractivity contribution is 0.0946. The number of carbonyl (C=O) groups excluding carboxylic acids is 1. The molecule has 1 amide bonds. The van der Waals surface area contributed by atoms with Crippen LogP contribution in [0.1, 0.15) is 21.7 Å². The fraction of sp³-hybridized carbons (Fsp3) is 0.214. The molecule has 0 atom stereocenters. The molecule has 0 saturated heterocycles. The van der Waals surface area contributed by atoms with Crippen molar-refractivity contribution < 1.29 is 4.79 Å². The van der Waals surface area contributed by atoms with Crippen LogP contribution in [0, 0.1) is 6.92 Å². The molecule has 6 nitrogen and oxygen atoms in total. The van der Waals surface area contributed by atoms with E-state index >= 15 is 0 Å². The van der Waals surface area contributed by atoms with Crippen LogP contribution in [0.3, 0.4) is 0 Å². The van der Waals surface area contributed by atoms with Gasteiger partial charge in [-0.2, -0.15) is 10.2 Å². The van der Waals surface area contributed by atoms with E-state index in [9.17, 15) is 4.79 Å². The Hall–Kier alpha value is -2.63. The molecule has 2 aromatic heterocycles. The number of aromatic amines is 1. The number of nitrogens with zero attached hydrogens (tertiary/aromatic N) is 3. The van der Waals surface area contributed by atoms with E-state index < -0.39 is 0 Å². The molecule has 3 aromatic rings. The van der Waals surface area contributed by atoms with Crippen LogP contribution in [-0.2, 0) is 13.6 Å². The number of nitrogens with one attached hydrogen (secondary N) is 2. The van der Waals surface area contributed by atoms with E-state index in [1.807, 2.05) is 38.2 Å². The minimum Gasteiger partial charge on any atom is -0.345 e. The van der Waals surface area contributed by atoms with E-state index in [-0.39, 0.29) is 5.91 Å². The summed E-state index contributed by atoms with van der Waals surface area (Å²) < 4.78 is 1.73. The van der Waals surface area contributed by atoms with Crippen molar-refractivity contribution in [3.63, 3.8) is 0 Å². The third-order valence-electron chi connectivity index (χ3n) is 3.29. The Bertz CT molecular complexity index is 771. The molecule has 102 valence electrons. The quantitative estimate of drug-likeness (QED) is 0.757. The van der Waals surface area contributed by atoms with Gasteiger partial charge in [0.25, 0.3) is 5.91 Å². The second kappa shape index (κ2) is 4.80. The van der Waals surface area contributed by atoms with Gasteiger partial charge in [0.1, 0.15) is 0 Å². The second-order valence-corrected chi connectivity index (χ2v) is 4.75. The number of hydrogen-bond donors (Lipinski definition) is 2. The zero-order valence-corrected chi connectivity index (χ0v) is 11.3. The first kappa shape index (κ1) is 12.4. The maximum atomic E-state index is 12.2. The zero-order valence-electron chi connectivity index (χ0n) is 11.3. The molecule has 0 saturated carbocycles. The molecule has 0 unspecified atom stereocenters. The molecule has 2 heterocycles. The van der Waals surface area contributed by atoms with Gasteiger partial charge in [0, 0.05) is 18.6 Å². The molecule has 3 rings (SSSR count). The van der Waals surface area contributed by atoms with Gasteiger partial charge in [-0.3, -0.25) is 14.6 Å². The van der Waals surface area contributed by atoms with Crippen molar-refractivity contribution in [2.24, 2.45) is 7.05 Å². The summed E-state index contributed by atoms with van der Waals surface area (Å²) in [6.07, 6.45) is 1.70. The first-order chi connectivity index (χ1) is 9.65. The third-order valence-corrected chi connectivity index (χ3v) is 3.29. The van der Waals surface area contributed by atoms with E-state index in [0.29, 0.717) is 12.2 Å². The average molecular weight is 269 g/mol. The predicted molar refractivity (Wildman–Crippen MR) is 75.2 cm³/mol. The van der Waals surface area contributed by atoms with Crippen LogP contribution in [-0.4, -0.2) is 25.9 Å². The highest BCUT2D eigenvalue weighted by molar-refractivity contribution is 6.04. The first-order valence-corrected chi connectivity index (χ1v) is 6.35. The Labute approximate surface area is 115 Å². The standard InChI is InChI=1S/C14H15N5O/c1-9-3-4-12-11(7-9)13(18-17-12)14(20)15-8-10-5-6-16-19(10)2/h3-7H,8H2,1-2H3,(H,15,20)(H,17,18). The van der Waals surface area contributed by atoms with Crippen LogP contribution in [0.2, 0.25) is 0 Å². The summed E-state index contributed by atoms with van der Waals surface area (Å²) >= 11 is 0. The fourth-order valence-electron chi connectivity index (χ4n) is 2.13. The number of fused-ring (bicyclic) bond motifs is 1. The van der Waals surface area contributed by atoms with Crippen LogP contribution >= 0.6 is 0 Å². The molecule has 0 radical (unpaired) electrons.